The van der Waals surface area contributed by atoms with Crippen molar-refractivity contribution in [3.63, 3.8) is 0 Å². The molecule has 3 atom stereocenters. The molecule has 1 N–H and O–H groups in total. The zero-order valence-electron chi connectivity index (χ0n) is 11.5. The van der Waals surface area contributed by atoms with Gasteiger partial charge >= 0.3 is 0 Å². The van der Waals surface area contributed by atoms with Crippen LogP contribution in [0.4, 0.5) is 5.69 Å². The average Bonchev–Trinajstić information content (AvgIpc) is 2.83. The lowest BCUT2D eigenvalue weighted by atomic mass is 10.0. The first-order chi connectivity index (χ1) is 8.65. The number of benzene rings is 1. The molecule has 0 aromatic heterocycles. The van der Waals surface area contributed by atoms with E-state index in [9.17, 15) is 5.11 Å². The summed E-state index contributed by atoms with van der Waals surface area (Å²) in [5, 5.41) is 10.1. The predicted octanol–water partition coefficient (Wildman–Crippen LogP) is 2.74. The fraction of sp³-hybridized carbons (Fsp3) is 0.600. The molecule has 0 spiro atoms. The van der Waals surface area contributed by atoms with Crippen molar-refractivity contribution >= 4 is 5.69 Å². The van der Waals surface area contributed by atoms with Gasteiger partial charge in [-0.05, 0) is 25.8 Å². The average molecular weight is 249 g/mol. The summed E-state index contributed by atoms with van der Waals surface area (Å²) in [7, 11) is 2.09. The molecule has 1 aromatic carbocycles. The molecule has 1 aliphatic heterocycles. The van der Waals surface area contributed by atoms with Gasteiger partial charge in [0.1, 0.15) is 0 Å². The molecular weight excluding hydrogens is 226 g/mol. The van der Waals surface area contributed by atoms with E-state index in [0.29, 0.717) is 6.04 Å². The highest BCUT2D eigenvalue weighted by molar-refractivity contribution is 5.55. The zero-order chi connectivity index (χ0) is 13.1. The first-order valence-corrected chi connectivity index (χ1v) is 6.76. The second-order valence-corrected chi connectivity index (χ2v) is 5.03. The number of anilines is 1. The number of aliphatic hydroxyl groups excluding tert-OH is 1. The number of para-hydroxylation sites is 1. The third kappa shape index (κ3) is 2.52. The Kier molecular flexibility index (Phi) is 4.25. The van der Waals surface area contributed by atoms with Crippen LogP contribution in [0.1, 0.15) is 38.4 Å². The molecule has 100 valence electrons. The van der Waals surface area contributed by atoms with E-state index in [1.807, 2.05) is 25.1 Å². The first kappa shape index (κ1) is 13.4. The highest BCUT2D eigenvalue weighted by atomic mass is 16.5. The molecule has 3 heteroatoms. The van der Waals surface area contributed by atoms with Crippen LogP contribution in [0.15, 0.2) is 24.3 Å². The van der Waals surface area contributed by atoms with E-state index in [4.69, 9.17) is 4.74 Å². The molecule has 1 heterocycles. The van der Waals surface area contributed by atoms with Crippen LogP contribution >= 0.6 is 0 Å². The van der Waals surface area contributed by atoms with Crippen LogP contribution in [-0.2, 0) is 4.74 Å². The maximum Gasteiger partial charge on any atom is 0.0807 e. The molecule has 1 aromatic rings. The van der Waals surface area contributed by atoms with Crippen molar-refractivity contribution in [1.82, 2.24) is 0 Å². The lowest BCUT2D eigenvalue weighted by molar-refractivity contribution is 0.118. The minimum Gasteiger partial charge on any atom is -0.388 e. The predicted molar refractivity (Wildman–Crippen MR) is 73.9 cm³/mol. The number of hydrogen-bond donors (Lipinski definition) is 1. The molecule has 1 fully saturated rings. The molecule has 0 saturated carbocycles. The van der Waals surface area contributed by atoms with Gasteiger partial charge in [0.05, 0.1) is 18.2 Å². The Balaban J connectivity index is 2.26. The quantitative estimate of drug-likeness (QED) is 0.890. The van der Waals surface area contributed by atoms with Crippen molar-refractivity contribution in [2.24, 2.45) is 0 Å². The lowest BCUT2D eigenvalue weighted by Crippen LogP contribution is -2.37. The smallest absolute Gasteiger partial charge is 0.0807 e. The van der Waals surface area contributed by atoms with Crippen LogP contribution in [0.2, 0.25) is 0 Å². The van der Waals surface area contributed by atoms with E-state index < -0.39 is 0 Å². The van der Waals surface area contributed by atoms with Gasteiger partial charge in [0.2, 0.25) is 0 Å². The van der Waals surface area contributed by atoms with Crippen LogP contribution in [-0.4, -0.2) is 30.9 Å². The van der Waals surface area contributed by atoms with Crippen LogP contribution < -0.4 is 4.90 Å². The lowest BCUT2D eigenvalue weighted by Gasteiger charge is -2.31. The summed E-state index contributed by atoms with van der Waals surface area (Å²) >= 11 is 0. The number of rotatable bonds is 4. The van der Waals surface area contributed by atoms with E-state index in [-0.39, 0.29) is 12.2 Å². The van der Waals surface area contributed by atoms with E-state index in [0.717, 1.165) is 30.7 Å². The van der Waals surface area contributed by atoms with Gasteiger partial charge in [0, 0.05) is 24.9 Å². The Labute approximate surface area is 109 Å². The zero-order valence-corrected chi connectivity index (χ0v) is 11.5. The van der Waals surface area contributed by atoms with Gasteiger partial charge in [-0.25, -0.2) is 0 Å². The van der Waals surface area contributed by atoms with Crippen LogP contribution in [0.5, 0.6) is 0 Å². The van der Waals surface area contributed by atoms with E-state index in [1.165, 1.54) is 0 Å². The molecule has 2 rings (SSSR count). The molecule has 1 saturated heterocycles. The first-order valence-electron chi connectivity index (χ1n) is 6.76. The van der Waals surface area contributed by atoms with Crippen molar-refractivity contribution < 1.29 is 9.84 Å². The molecular formula is C15H23NO2. The summed E-state index contributed by atoms with van der Waals surface area (Å²) in [4.78, 5) is 2.26. The monoisotopic (exact) mass is 249 g/mol. The standard InChI is InChI=1S/C15H23NO2/c1-4-15(17)12-7-5-6-8-14(12)16(3)13-9-10-18-11(13)2/h5-8,11,13,15,17H,4,9-10H2,1-3H3/t11?,13?,15-/m0/s1. The summed E-state index contributed by atoms with van der Waals surface area (Å²) in [5.74, 6) is 0. The van der Waals surface area contributed by atoms with Crippen LogP contribution in [0, 0.1) is 0 Å². The Morgan fingerprint density at radius 1 is 1.44 bits per heavy atom. The molecule has 1 aliphatic rings. The number of likely N-dealkylation sites (N-methyl/N-ethyl adjacent to an activating group) is 1. The summed E-state index contributed by atoms with van der Waals surface area (Å²) < 4.78 is 5.63. The van der Waals surface area contributed by atoms with Gasteiger partial charge in [-0.15, -0.1) is 0 Å². The van der Waals surface area contributed by atoms with Crippen molar-refractivity contribution in [1.29, 1.82) is 0 Å². The Hall–Kier alpha value is -1.06. The molecule has 18 heavy (non-hydrogen) atoms. The van der Waals surface area contributed by atoms with E-state index in [1.54, 1.807) is 0 Å². The normalized spacial score (nSPS) is 25.1. The van der Waals surface area contributed by atoms with Gasteiger partial charge in [-0.1, -0.05) is 25.1 Å². The molecule has 2 unspecified atom stereocenters. The number of nitrogens with zero attached hydrogens (tertiary/aromatic N) is 1. The van der Waals surface area contributed by atoms with Crippen LogP contribution in [0.25, 0.3) is 0 Å². The molecule has 0 radical (unpaired) electrons. The van der Waals surface area contributed by atoms with Gasteiger partial charge in [0.25, 0.3) is 0 Å². The van der Waals surface area contributed by atoms with Gasteiger partial charge in [-0.3, -0.25) is 0 Å². The third-order valence-electron chi connectivity index (χ3n) is 3.90. The van der Waals surface area contributed by atoms with E-state index >= 15 is 0 Å². The second kappa shape index (κ2) is 5.72. The fourth-order valence-electron chi connectivity index (χ4n) is 2.72. The Morgan fingerprint density at radius 3 is 2.78 bits per heavy atom. The summed E-state index contributed by atoms with van der Waals surface area (Å²) in [5.41, 5.74) is 2.14. The van der Waals surface area contributed by atoms with Crippen molar-refractivity contribution in [3.05, 3.63) is 29.8 Å². The van der Waals surface area contributed by atoms with Crippen LogP contribution in [0.3, 0.4) is 0 Å². The number of ether oxygens (including phenoxy) is 1. The Morgan fingerprint density at radius 2 is 2.17 bits per heavy atom. The van der Waals surface area contributed by atoms with E-state index in [2.05, 4.69) is 24.9 Å². The van der Waals surface area contributed by atoms with Crippen molar-refractivity contribution in [3.8, 4) is 0 Å². The second-order valence-electron chi connectivity index (χ2n) is 5.03. The van der Waals surface area contributed by atoms with Crippen molar-refractivity contribution in [2.75, 3.05) is 18.6 Å². The summed E-state index contributed by atoms with van der Waals surface area (Å²) in [6, 6.07) is 8.51. The SMILES string of the molecule is CC[C@H](O)c1ccccc1N(C)C1CCOC1C. The van der Waals surface area contributed by atoms with Gasteiger partial charge in [0.15, 0.2) is 0 Å². The van der Waals surface area contributed by atoms with Crippen molar-refractivity contribution in [2.45, 2.75) is 44.9 Å². The van der Waals surface area contributed by atoms with Gasteiger partial charge in [-0.2, -0.15) is 0 Å². The largest absolute Gasteiger partial charge is 0.388 e. The fourth-order valence-corrected chi connectivity index (χ4v) is 2.72. The van der Waals surface area contributed by atoms with Gasteiger partial charge < -0.3 is 14.7 Å². The summed E-state index contributed by atoms with van der Waals surface area (Å²) in [6.07, 6.45) is 1.65. The molecule has 0 aliphatic carbocycles. The topological polar surface area (TPSA) is 32.7 Å². The highest BCUT2D eigenvalue weighted by Crippen LogP contribution is 2.31. The molecule has 0 amide bonds. The summed E-state index contributed by atoms with van der Waals surface area (Å²) in [6.45, 7) is 4.95. The molecule has 0 bridgehead atoms. The maximum absolute atomic E-state index is 10.1. The minimum atomic E-state index is -0.388. The maximum atomic E-state index is 10.1. The number of aliphatic hydroxyl groups is 1. The highest BCUT2D eigenvalue weighted by Gasteiger charge is 2.29. The third-order valence-corrected chi connectivity index (χ3v) is 3.90. The minimum absolute atomic E-state index is 0.252. The number of hydrogen-bond acceptors (Lipinski definition) is 3. The molecule has 3 nitrogen and oxygen atoms in total. The Bertz CT molecular complexity index is 394.